The van der Waals surface area contributed by atoms with Crippen molar-refractivity contribution in [2.24, 2.45) is 0 Å². The van der Waals surface area contributed by atoms with Crippen molar-refractivity contribution >= 4 is 17.8 Å². The van der Waals surface area contributed by atoms with Crippen LogP contribution in [-0.2, 0) is 14.3 Å². The van der Waals surface area contributed by atoms with Crippen LogP contribution in [0.25, 0.3) is 0 Å². The maximum atomic E-state index is 11.9. The Morgan fingerprint density at radius 1 is 1.37 bits per heavy atom. The van der Waals surface area contributed by atoms with Gasteiger partial charge in [0.25, 0.3) is 5.91 Å². The highest BCUT2D eigenvalue weighted by atomic mass is 16.5. The number of nitrogens with one attached hydrogen (secondary N) is 1. The van der Waals surface area contributed by atoms with E-state index in [4.69, 9.17) is 5.11 Å². The summed E-state index contributed by atoms with van der Waals surface area (Å²) in [6.45, 7) is 1.82. The van der Waals surface area contributed by atoms with Crippen LogP contribution in [0.15, 0.2) is 24.3 Å². The van der Waals surface area contributed by atoms with E-state index in [1.807, 2.05) is 13.0 Å². The molecular formula is C13H15NO5. The summed E-state index contributed by atoms with van der Waals surface area (Å²) in [5, 5.41) is 11.2. The van der Waals surface area contributed by atoms with Crippen LogP contribution in [0.2, 0.25) is 0 Å². The SMILES string of the molecule is COC(=O)C[C@H](NC(=O)c1cccc(C)c1)C(=O)O. The standard InChI is InChI=1S/C13H15NO5/c1-8-4-3-5-9(6-8)12(16)14-10(13(17)18)7-11(15)19-2/h3-6,10H,7H2,1-2H3,(H,14,16)(H,17,18)/t10-/m0/s1. The number of esters is 1. The molecule has 0 aliphatic rings. The van der Waals surface area contributed by atoms with E-state index < -0.39 is 30.3 Å². The number of methoxy groups -OCH3 is 1. The zero-order valence-corrected chi connectivity index (χ0v) is 10.7. The van der Waals surface area contributed by atoms with Crippen molar-refractivity contribution in [3.8, 4) is 0 Å². The number of carbonyl (C=O) groups excluding carboxylic acids is 2. The smallest absolute Gasteiger partial charge is 0.326 e. The molecule has 0 aliphatic heterocycles. The lowest BCUT2D eigenvalue weighted by molar-refractivity contribution is -0.147. The van der Waals surface area contributed by atoms with Gasteiger partial charge in [0.1, 0.15) is 6.04 Å². The average molecular weight is 265 g/mol. The molecule has 0 heterocycles. The first-order chi connectivity index (χ1) is 8.93. The molecule has 0 saturated heterocycles. The van der Waals surface area contributed by atoms with Gasteiger partial charge >= 0.3 is 11.9 Å². The highest BCUT2D eigenvalue weighted by Gasteiger charge is 2.24. The number of rotatable bonds is 5. The number of carboxylic acids is 1. The summed E-state index contributed by atoms with van der Waals surface area (Å²) in [5.74, 6) is -2.52. The van der Waals surface area contributed by atoms with Crippen LogP contribution < -0.4 is 5.32 Å². The van der Waals surface area contributed by atoms with Gasteiger partial charge in [-0.3, -0.25) is 9.59 Å². The van der Waals surface area contributed by atoms with Crippen LogP contribution in [0.4, 0.5) is 0 Å². The third kappa shape index (κ3) is 4.42. The third-order valence-corrected chi connectivity index (χ3v) is 2.48. The second-order valence-electron chi connectivity index (χ2n) is 4.01. The quantitative estimate of drug-likeness (QED) is 0.766. The number of aliphatic carboxylic acids is 1. The fraction of sp³-hybridized carbons (Fsp3) is 0.308. The zero-order valence-electron chi connectivity index (χ0n) is 10.7. The van der Waals surface area contributed by atoms with Crippen LogP contribution in [0.5, 0.6) is 0 Å². The van der Waals surface area contributed by atoms with Crippen LogP contribution in [0.1, 0.15) is 22.3 Å². The van der Waals surface area contributed by atoms with Crippen molar-refractivity contribution < 1.29 is 24.2 Å². The average Bonchev–Trinajstić information content (AvgIpc) is 2.37. The van der Waals surface area contributed by atoms with Gasteiger partial charge in [0.15, 0.2) is 0 Å². The van der Waals surface area contributed by atoms with E-state index in [1.54, 1.807) is 18.2 Å². The molecule has 0 bridgehead atoms. The van der Waals surface area contributed by atoms with Crippen molar-refractivity contribution in [3.05, 3.63) is 35.4 Å². The Hall–Kier alpha value is -2.37. The van der Waals surface area contributed by atoms with E-state index in [1.165, 1.54) is 0 Å². The van der Waals surface area contributed by atoms with E-state index in [2.05, 4.69) is 10.1 Å². The van der Waals surface area contributed by atoms with Gasteiger partial charge in [0.05, 0.1) is 13.5 Å². The topological polar surface area (TPSA) is 92.7 Å². The molecule has 2 N–H and O–H groups in total. The van der Waals surface area contributed by atoms with Crippen LogP contribution in [-0.4, -0.2) is 36.1 Å². The molecule has 19 heavy (non-hydrogen) atoms. The minimum Gasteiger partial charge on any atom is -0.480 e. The molecule has 0 fully saturated rings. The van der Waals surface area contributed by atoms with Crippen LogP contribution in [0, 0.1) is 6.92 Å². The van der Waals surface area contributed by atoms with Crippen molar-refractivity contribution in [1.29, 1.82) is 0 Å². The van der Waals surface area contributed by atoms with Crippen molar-refractivity contribution in [3.63, 3.8) is 0 Å². The first kappa shape index (κ1) is 14.7. The first-order valence-corrected chi connectivity index (χ1v) is 5.61. The van der Waals surface area contributed by atoms with Gasteiger partial charge in [0.2, 0.25) is 0 Å². The molecule has 6 nitrogen and oxygen atoms in total. The predicted molar refractivity (Wildman–Crippen MR) is 66.7 cm³/mol. The van der Waals surface area contributed by atoms with Gasteiger partial charge in [-0.2, -0.15) is 0 Å². The van der Waals surface area contributed by atoms with Gasteiger partial charge in [0, 0.05) is 5.56 Å². The van der Waals surface area contributed by atoms with E-state index in [9.17, 15) is 14.4 Å². The summed E-state index contributed by atoms with van der Waals surface area (Å²) in [5.41, 5.74) is 1.23. The number of carboxylic acid groups (broad SMARTS) is 1. The Morgan fingerprint density at radius 2 is 2.05 bits per heavy atom. The summed E-state index contributed by atoms with van der Waals surface area (Å²) in [4.78, 5) is 33.9. The van der Waals surface area contributed by atoms with Gasteiger partial charge < -0.3 is 15.2 Å². The molecule has 0 unspecified atom stereocenters. The Morgan fingerprint density at radius 3 is 2.58 bits per heavy atom. The number of aryl methyl sites for hydroxylation is 1. The number of amides is 1. The molecule has 0 aromatic heterocycles. The molecular weight excluding hydrogens is 250 g/mol. The highest BCUT2D eigenvalue weighted by Crippen LogP contribution is 2.05. The summed E-state index contributed by atoms with van der Waals surface area (Å²) in [6, 6.07) is 5.41. The Bertz CT molecular complexity index is 498. The number of benzene rings is 1. The Labute approximate surface area is 110 Å². The highest BCUT2D eigenvalue weighted by molar-refractivity contribution is 5.97. The summed E-state index contributed by atoms with van der Waals surface area (Å²) < 4.78 is 4.38. The molecule has 1 atom stereocenters. The summed E-state index contributed by atoms with van der Waals surface area (Å²) >= 11 is 0. The molecule has 102 valence electrons. The van der Waals surface area contributed by atoms with E-state index in [0.29, 0.717) is 5.56 Å². The molecule has 0 spiro atoms. The minimum absolute atomic E-state index is 0.344. The van der Waals surface area contributed by atoms with Crippen molar-refractivity contribution in [1.82, 2.24) is 5.32 Å². The monoisotopic (exact) mass is 265 g/mol. The van der Waals surface area contributed by atoms with Crippen LogP contribution >= 0.6 is 0 Å². The predicted octanol–water partition coefficient (Wildman–Crippen LogP) is 0.741. The number of ether oxygens (including phenoxy) is 1. The lowest BCUT2D eigenvalue weighted by atomic mass is 10.1. The van der Waals surface area contributed by atoms with Crippen molar-refractivity contribution in [2.45, 2.75) is 19.4 Å². The van der Waals surface area contributed by atoms with Gasteiger partial charge in [-0.15, -0.1) is 0 Å². The zero-order chi connectivity index (χ0) is 14.4. The molecule has 0 aliphatic carbocycles. The van der Waals surface area contributed by atoms with Gasteiger partial charge in [-0.1, -0.05) is 17.7 Å². The number of carbonyl (C=O) groups is 3. The van der Waals surface area contributed by atoms with E-state index >= 15 is 0 Å². The largest absolute Gasteiger partial charge is 0.480 e. The molecule has 1 amide bonds. The molecule has 6 heteroatoms. The number of hydrogen-bond acceptors (Lipinski definition) is 4. The maximum Gasteiger partial charge on any atom is 0.326 e. The molecule has 1 rings (SSSR count). The number of hydrogen-bond donors (Lipinski definition) is 2. The van der Waals surface area contributed by atoms with Gasteiger partial charge in [-0.25, -0.2) is 4.79 Å². The second-order valence-corrected chi connectivity index (χ2v) is 4.01. The first-order valence-electron chi connectivity index (χ1n) is 5.61. The molecule has 0 saturated carbocycles. The Balaban J connectivity index is 2.77. The van der Waals surface area contributed by atoms with Crippen molar-refractivity contribution in [2.75, 3.05) is 7.11 Å². The lowest BCUT2D eigenvalue weighted by Gasteiger charge is -2.13. The molecule has 0 radical (unpaired) electrons. The fourth-order valence-electron chi connectivity index (χ4n) is 1.48. The molecule has 1 aromatic rings. The second kappa shape index (κ2) is 6.53. The van der Waals surface area contributed by atoms with E-state index in [-0.39, 0.29) is 0 Å². The van der Waals surface area contributed by atoms with Crippen LogP contribution in [0.3, 0.4) is 0 Å². The third-order valence-electron chi connectivity index (χ3n) is 2.48. The normalized spacial score (nSPS) is 11.5. The summed E-state index contributed by atoms with van der Waals surface area (Å²) in [7, 11) is 1.16. The minimum atomic E-state index is -1.31. The molecule has 1 aromatic carbocycles. The Kier molecular flexibility index (Phi) is 5.05. The fourth-order valence-corrected chi connectivity index (χ4v) is 1.48. The van der Waals surface area contributed by atoms with E-state index in [0.717, 1.165) is 12.7 Å². The van der Waals surface area contributed by atoms with Gasteiger partial charge in [-0.05, 0) is 19.1 Å². The summed E-state index contributed by atoms with van der Waals surface area (Å²) in [6.07, 6.45) is -0.413. The maximum absolute atomic E-state index is 11.9. The lowest BCUT2D eigenvalue weighted by Crippen LogP contribution is -2.42.